The average molecular weight is 366 g/mol. The highest BCUT2D eigenvalue weighted by atomic mass is 19.1. The number of hydrogen-bond donors (Lipinski definition) is 0. The molecule has 1 fully saturated rings. The van der Waals surface area contributed by atoms with Gasteiger partial charge in [0, 0.05) is 37.6 Å². The van der Waals surface area contributed by atoms with E-state index in [1.807, 2.05) is 23.1 Å². The Balaban J connectivity index is 1.68. The fourth-order valence-corrected chi connectivity index (χ4v) is 3.22. The lowest BCUT2D eigenvalue weighted by molar-refractivity contribution is 0.0388. The Morgan fingerprint density at radius 3 is 2.78 bits per heavy atom. The molecule has 1 aliphatic rings. The number of halogens is 1. The van der Waals surface area contributed by atoms with Crippen molar-refractivity contribution in [1.29, 1.82) is 0 Å². The number of aromatic nitrogens is 3. The van der Waals surface area contributed by atoms with E-state index in [2.05, 4.69) is 4.98 Å². The number of anilines is 1. The van der Waals surface area contributed by atoms with Gasteiger partial charge in [0.05, 0.1) is 18.8 Å². The first-order chi connectivity index (χ1) is 13.1. The average Bonchev–Trinajstić information content (AvgIpc) is 2.71. The molecule has 1 saturated heterocycles. The van der Waals surface area contributed by atoms with Crippen LogP contribution in [0.3, 0.4) is 0 Å². The third kappa shape index (κ3) is 3.59. The topological polar surface area (TPSA) is 60.2 Å². The first-order valence-electron chi connectivity index (χ1n) is 8.72. The lowest BCUT2D eigenvalue weighted by atomic mass is 10.1. The molecule has 0 aliphatic carbocycles. The van der Waals surface area contributed by atoms with Crippen molar-refractivity contribution in [3.8, 4) is 11.3 Å². The van der Waals surface area contributed by atoms with Crippen LogP contribution in [0.15, 0.2) is 59.7 Å². The number of hydrogen-bond acceptors (Lipinski definition) is 5. The lowest BCUT2D eigenvalue weighted by Gasteiger charge is -2.34. The Morgan fingerprint density at radius 1 is 1.19 bits per heavy atom. The second kappa shape index (κ2) is 7.28. The van der Waals surface area contributed by atoms with Crippen molar-refractivity contribution in [3.05, 3.63) is 76.6 Å². The smallest absolute Gasteiger partial charge is 0.255 e. The van der Waals surface area contributed by atoms with Gasteiger partial charge in [0.1, 0.15) is 11.9 Å². The molecule has 27 heavy (non-hydrogen) atoms. The Morgan fingerprint density at radius 2 is 2.00 bits per heavy atom. The second-order valence-corrected chi connectivity index (χ2v) is 6.43. The van der Waals surface area contributed by atoms with Gasteiger partial charge in [0.25, 0.3) is 5.56 Å². The minimum absolute atomic E-state index is 0.138. The van der Waals surface area contributed by atoms with Crippen molar-refractivity contribution >= 4 is 5.95 Å². The zero-order valence-electron chi connectivity index (χ0n) is 14.9. The summed E-state index contributed by atoms with van der Waals surface area (Å²) in [6.45, 7) is 1.56. The van der Waals surface area contributed by atoms with Crippen LogP contribution < -0.4 is 10.5 Å². The van der Waals surface area contributed by atoms with Gasteiger partial charge in [-0.2, -0.15) is 0 Å². The molecule has 1 atom stereocenters. The summed E-state index contributed by atoms with van der Waals surface area (Å²) >= 11 is 0. The predicted molar refractivity (Wildman–Crippen MR) is 100 cm³/mol. The number of rotatable bonds is 3. The maximum absolute atomic E-state index is 13.6. The highest BCUT2D eigenvalue weighted by molar-refractivity contribution is 5.59. The van der Waals surface area contributed by atoms with Gasteiger partial charge < -0.3 is 9.64 Å². The Labute approximate surface area is 155 Å². The largest absolute Gasteiger partial charge is 0.370 e. The summed E-state index contributed by atoms with van der Waals surface area (Å²) in [5.41, 5.74) is 2.07. The molecule has 1 aromatic carbocycles. The molecule has 1 aliphatic heterocycles. The molecule has 0 saturated carbocycles. The SMILES string of the molecule is Cn1c(N2CCO[C@H](c3cccc(F)c3)C2)nc(-c2ccncc2)cc1=O. The van der Waals surface area contributed by atoms with E-state index in [4.69, 9.17) is 9.72 Å². The molecule has 0 bridgehead atoms. The number of nitrogens with zero attached hydrogens (tertiary/aromatic N) is 4. The maximum Gasteiger partial charge on any atom is 0.255 e. The molecular formula is C20H19FN4O2. The Kier molecular flexibility index (Phi) is 4.68. The van der Waals surface area contributed by atoms with E-state index in [1.165, 1.54) is 22.8 Å². The third-order valence-electron chi connectivity index (χ3n) is 4.66. The summed E-state index contributed by atoms with van der Waals surface area (Å²) in [5.74, 6) is 0.275. The van der Waals surface area contributed by atoms with Crippen LogP contribution in [0, 0.1) is 5.82 Å². The van der Waals surface area contributed by atoms with Crippen molar-refractivity contribution in [1.82, 2.24) is 14.5 Å². The summed E-state index contributed by atoms with van der Waals surface area (Å²) in [4.78, 5) is 23.2. The van der Waals surface area contributed by atoms with Crippen LogP contribution in [-0.4, -0.2) is 34.2 Å². The normalized spacial score (nSPS) is 17.1. The standard InChI is InChI=1S/C20H19FN4O2/c1-24-19(26)12-17(14-5-7-22-8-6-14)23-20(24)25-9-10-27-18(13-25)15-3-2-4-16(21)11-15/h2-8,11-12,18H,9-10,13H2,1H3/t18-/m0/s1. The van der Waals surface area contributed by atoms with Crippen LogP contribution in [0.2, 0.25) is 0 Å². The van der Waals surface area contributed by atoms with Gasteiger partial charge in [-0.25, -0.2) is 9.37 Å². The van der Waals surface area contributed by atoms with Gasteiger partial charge in [0.15, 0.2) is 0 Å². The molecule has 3 heterocycles. The van der Waals surface area contributed by atoms with Crippen LogP contribution in [-0.2, 0) is 11.8 Å². The molecule has 3 aromatic rings. The highest BCUT2D eigenvalue weighted by Gasteiger charge is 2.25. The summed E-state index contributed by atoms with van der Waals surface area (Å²) in [7, 11) is 1.70. The fourth-order valence-electron chi connectivity index (χ4n) is 3.22. The van der Waals surface area contributed by atoms with Crippen LogP contribution in [0.1, 0.15) is 11.7 Å². The van der Waals surface area contributed by atoms with Crippen molar-refractivity contribution in [3.63, 3.8) is 0 Å². The van der Waals surface area contributed by atoms with E-state index in [9.17, 15) is 9.18 Å². The van der Waals surface area contributed by atoms with Crippen LogP contribution in [0.25, 0.3) is 11.3 Å². The van der Waals surface area contributed by atoms with Crippen LogP contribution >= 0.6 is 0 Å². The van der Waals surface area contributed by atoms with Crippen LogP contribution in [0.5, 0.6) is 0 Å². The van der Waals surface area contributed by atoms with E-state index in [-0.39, 0.29) is 17.5 Å². The lowest BCUT2D eigenvalue weighted by Crippen LogP contribution is -2.41. The maximum atomic E-state index is 13.6. The van der Waals surface area contributed by atoms with E-state index >= 15 is 0 Å². The Hall–Kier alpha value is -3.06. The number of morpholine rings is 1. The molecule has 2 aromatic heterocycles. The summed E-state index contributed by atoms with van der Waals surface area (Å²) in [5, 5.41) is 0. The minimum Gasteiger partial charge on any atom is -0.370 e. The summed E-state index contributed by atoms with van der Waals surface area (Å²) < 4.78 is 20.9. The number of benzene rings is 1. The van der Waals surface area contributed by atoms with E-state index in [1.54, 1.807) is 25.5 Å². The van der Waals surface area contributed by atoms with Crippen molar-refractivity contribution in [2.24, 2.45) is 7.05 Å². The van der Waals surface area contributed by atoms with E-state index < -0.39 is 0 Å². The zero-order chi connectivity index (χ0) is 18.8. The third-order valence-corrected chi connectivity index (χ3v) is 4.66. The zero-order valence-corrected chi connectivity index (χ0v) is 14.9. The van der Waals surface area contributed by atoms with Gasteiger partial charge >= 0.3 is 0 Å². The first kappa shape index (κ1) is 17.4. The van der Waals surface area contributed by atoms with Crippen molar-refractivity contribution in [2.45, 2.75) is 6.10 Å². The Bertz CT molecular complexity index is 1010. The molecule has 0 N–H and O–H groups in total. The van der Waals surface area contributed by atoms with E-state index in [0.717, 1.165) is 11.1 Å². The molecule has 0 spiro atoms. The summed E-state index contributed by atoms with van der Waals surface area (Å²) in [6.07, 6.45) is 3.06. The van der Waals surface area contributed by atoms with Gasteiger partial charge in [-0.15, -0.1) is 0 Å². The van der Waals surface area contributed by atoms with Crippen LogP contribution in [0.4, 0.5) is 10.3 Å². The fraction of sp³-hybridized carbons (Fsp3) is 0.250. The van der Waals surface area contributed by atoms with Gasteiger partial charge in [-0.3, -0.25) is 14.3 Å². The molecular weight excluding hydrogens is 347 g/mol. The summed E-state index contributed by atoms with van der Waals surface area (Å²) in [6, 6.07) is 11.6. The van der Waals surface area contributed by atoms with Crippen molar-refractivity contribution < 1.29 is 9.13 Å². The second-order valence-electron chi connectivity index (χ2n) is 6.43. The number of pyridine rings is 1. The molecule has 138 valence electrons. The van der Waals surface area contributed by atoms with Gasteiger partial charge in [0.2, 0.25) is 5.95 Å². The first-order valence-corrected chi connectivity index (χ1v) is 8.72. The molecule has 0 radical (unpaired) electrons. The molecule has 4 rings (SSSR count). The molecule has 6 nitrogen and oxygen atoms in total. The predicted octanol–water partition coefficient (Wildman–Crippen LogP) is 2.56. The monoisotopic (exact) mass is 366 g/mol. The van der Waals surface area contributed by atoms with Gasteiger partial charge in [-0.05, 0) is 29.8 Å². The van der Waals surface area contributed by atoms with Gasteiger partial charge in [-0.1, -0.05) is 12.1 Å². The van der Waals surface area contributed by atoms with Crippen molar-refractivity contribution in [2.75, 3.05) is 24.6 Å². The number of ether oxygens (including phenoxy) is 1. The molecule has 7 heteroatoms. The van der Waals surface area contributed by atoms with E-state index in [0.29, 0.717) is 31.3 Å². The highest BCUT2D eigenvalue weighted by Crippen LogP contribution is 2.26. The molecule has 0 unspecified atom stereocenters. The quantitative estimate of drug-likeness (QED) is 0.713. The minimum atomic E-state index is -0.293. The molecule has 0 amide bonds.